The van der Waals surface area contributed by atoms with E-state index in [1.54, 1.807) is 17.2 Å². The van der Waals surface area contributed by atoms with Gasteiger partial charge in [0.2, 0.25) is 0 Å². The van der Waals surface area contributed by atoms with Crippen LogP contribution in [0.3, 0.4) is 0 Å². The van der Waals surface area contributed by atoms with E-state index in [0.717, 1.165) is 30.7 Å². The number of aromatic nitrogens is 5. The first-order chi connectivity index (χ1) is 12.7. The number of rotatable bonds is 3. The zero-order valence-corrected chi connectivity index (χ0v) is 14.6. The van der Waals surface area contributed by atoms with Crippen molar-refractivity contribution in [2.45, 2.75) is 32.1 Å². The van der Waals surface area contributed by atoms with Gasteiger partial charge >= 0.3 is 0 Å². The summed E-state index contributed by atoms with van der Waals surface area (Å²) >= 11 is 0. The lowest BCUT2D eigenvalue weighted by Crippen LogP contribution is -2.39. The molecule has 0 bridgehead atoms. The number of hydrogen-bond acceptors (Lipinski definition) is 5. The lowest BCUT2D eigenvalue weighted by molar-refractivity contribution is 0.0699. The van der Waals surface area contributed by atoms with Crippen molar-refractivity contribution in [2.75, 3.05) is 13.1 Å². The van der Waals surface area contributed by atoms with Crippen LogP contribution in [-0.4, -0.2) is 48.5 Å². The molecule has 0 unspecified atom stereocenters. The lowest BCUT2D eigenvalue weighted by Gasteiger charge is -2.31. The highest BCUT2D eigenvalue weighted by molar-refractivity contribution is 5.92. The van der Waals surface area contributed by atoms with Gasteiger partial charge in [-0.15, -0.1) is 0 Å². The van der Waals surface area contributed by atoms with Gasteiger partial charge in [0.25, 0.3) is 11.5 Å². The molecule has 0 radical (unpaired) electrons. The van der Waals surface area contributed by atoms with Gasteiger partial charge in [0.15, 0.2) is 5.65 Å². The summed E-state index contributed by atoms with van der Waals surface area (Å²) in [6, 6.07) is 3.47. The van der Waals surface area contributed by atoms with Gasteiger partial charge in [0.1, 0.15) is 5.69 Å². The number of aromatic amines is 1. The van der Waals surface area contributed by atoms with Gasteiger partial charge in [-0.3, -0.25) is 19.7 Å². The van der Waals surface area contributed by atoms with E-state index in [1.807, 2.05) is 13.0 Å². The molecule has 1 fully saturated rings. The van der Waals surface area contributed by atoms with Gasteiger partial charge in [-0.1, -0.05) is 6.92 Å². The largest absolute Gasteiger partial charge is 0.337 e. The maximum Gasteiger partial charge on any atom is 0.274 e. The summed E-state index contributed by atoms with van der Waals surface area (Å²) in [5.41, 5.74) is 2.58. The Labute approximate surface area is 149 Å². The SMILES string of the molecule is CCc1cc(=O)n2[nH]c([C@@H]3CCCN(C(=O)c4cnccn4)C3)cc2n1. The van der Waals surface area contributed by atoms with Crippen LogP contribution < -0.4 is 5.56 Å². The molecule has 1 atom stereocenters. The average Bonchev–Trinajstić information content (AvgIpc) is 3.13. The predicted molar refractivity (Wildman–Crippen MR) is 95.1 cm³/mol. The highest BCUT2D eigenvalue weighted by atomic mass is 16.2. The molecule has 0 aliphatic carbocycles. The number of carbonyl (C=O) groups excluding carboxylic acids is 1. The van der Waals surface area contributed by atoms with Crippen molar-refractivity contribution in [1.82, 2.24) is 29.5 Å². The molecular weight excluding hydrogens is 332 g/mol. The van der Waals surface area contributed by atoms with E-state index >= 15 is 0 Å². The van der Waals surface area contributed by atoms with E-state index in [9.17, 15) is 9.59 Å². The van der Waals surface area contributed by atoms with Crippen molar-refractivity contribution in [2.24, 2.45) is 0 Å². The second kappa shape index (κ2) is 6.70. The quantitative estimate of drug-likeness (QED) is 0.768. The minimum Gasteiger partial charge on any atom is -0.337 e. The van der Waals surface area contributed by atoms with E-state index in [0.29, 0.717) is 24.4 Å². The van der Waals surface area contributed by atoms with Gasteiger partial charge in [0.05, 0.1) is 6.20 Å². The van der Waals surface area contributed by atoms with Crippen molar-refractivity contribution in [1.29, 1.82) is 0 Å². The number of likely N-dealkylation sites (tertiary alicyclic amines) is 1. The first-order valence-corrected chi connectivity index (χ1v) is 8.82. The predicted octanol–water partition coefficient (Wildman–Crippen LogP) is 1.39. The average molecular weight is 352 g/mol. The Bertz CT molecular complexity index is 994. The molecule has 0 saturated carbocycles. The van der Waals surface area contributed by atoms with Gasteiger partial charge in [-0.2, -0.15) is 0 Å². The van der Waals surface area contributed by atoms with Crippen molar-refractivity contribution in [3.8, 4) is 0 Å². The molecule has 4 heterocycles. The number of aryl methyl sites for hydroxylation is 1. The summed E-state index contributed by atoms with van der Waals surface area (Å²) in [7, 11) is 0. The van der Waals surface area contributed by atoms with Crippen LogP contribution in [0.4, 0.5) is 0 Å². The maximum atomic E-state index is 12.6. The van der Waals surface area contributed by atoms with Crippen LogP contribution in [0.5, 0.6) is 0 Å². The van der Waals surface area contributed by atoms with Crippen molar-refractivity contribution in [3.63, 3.8) is 0 Å². The lowest BCUT2D eigenvalue weighted by atomic mass is 9.94. The molecule has 4 rings (SSSR count). The molecule has 1 amide bonds. The van der Waals surface area contributed by atoms with Crippen LogP contribution in [0.25, 0.3) is 5.65 Å². The molecule has 8 heteroatoms. The van der Waals surface area contributed by atoms with Crippen LogP contribution in [-0.2, 0) is 6.42 Å². The minimum atomic E-state index is -0.110. The molecule has 1 aliphatic heterocycles. The van der Waals surface area contributed by atoms with Crippen molar-refractivity contribution < 1.29 is 4.79 Å². The normalized spacial score (nSPS) is 17.6. The summed E-state index contributed by atoms with van der Waals surface area (Å²) < 4.78 is 1.47. The fourth-order valence-electron chi connectivity index (χ4n) is 3.44. The van der Waals surface area contributed by atoms with Crippen LogP contribution >= 0.6 is 0 Å². The molecular formula is C18H20N6O2. The number of piperidine rings is 1. The topological polar surface area (TPSA) is 96.2 Å². The molecule has 1 saturated heterocycles. The number of hydrogen-bond donors (Lipinski definition) is 1. The summed E-state index contributed by atoms with van der Waals surface area (Å²) in [6.07, 6.45) is 7.13. The molecule has 1 N–H and O–H groups in total. The monoisotopic (exact) mass is 352 g/mol. The Morgan fingerprint density at radius 1 is 1.35 bits per heavy atom. The van der Waals surface area contributed by atoms with E-state index in [2.05, 4.69) is 20.1 Å². The standard InChI is InChI=1S/C18H20N6O2/c1-2-13-8-17(25)24-16(21-13)9-14(22-24)12-4-3-7-23(11-12)18(26)15-10-19-5-6-20-15/h5-6,8-10,12,22H,2-4,7,11H2,1H3/t12-/m1/s1. The Morgan fingerprint density at radius 2 is 2.23 bits per heavy atom. The zero-order valence-electron chi connectivity index (χ0n) is 14.6. The second-order valence-electron chi connectivity index (χ2n) is 6.53. The Balaban J connectivity index is 1.60. The summed E-state index contributed by atoms with van der Waals surface area (Å²) in [5.74, 6) is 0.0259. The maximum absolute atomic E-state index is 12.6. The van der Waals surface area contributed by atoms with Gasteiger partial charge in [0, 0.05) is 54.9 Å². The number of fused-ring (bicyclic) bond motifs is 1. The van der Waals surface area contributed by atoms with Crippen LogP contribution in [0, 0.1) is 0 Å². The van der Waals surface area contributed by atoms with Crippen LogP contribution in [0.2, 0.25) is 0 Å². The zero-order chi connectivity index (χ0) is 18.1. The van der Waals surface area contributed by atoms with E-state index in [-0.39, 0.29) is 17.4 Å². The third kappa shape index (κ3) is 2.98. The summed E-state index contributed by atoms with van der Waals surface area (Å²) in [4.78, 5) is 39.2. The van der Waals surface area contributed by atoms with Gasteiger partial charge < -0.3 is 4.90 Å². The van der Waals surface area contributed by atoms with Gasteiger partial charge in [-0.05, 0) is 19.3 Å². The molecule has 8 nitrogen and oxygen atoms in total. The summed E-state index contributed by atoms with van der Waals surface area (Å²) in [6.45, 7) is 3.25. The number of amides is 1. The van der Waals surface area contributed by atoms with Crippen molar-refractivity contribution >= 4 is 11.6 Å². The van der Waals surface area contributed by atoms with Crippen LogP contribution in [0.15, 0.2) is 35.5 Å². The van der Waals surface area contributed by atoms with E-state index < -0.39 is 0 Å². The Morgan fingerprint density at radius 3 is 3.00 bits per heavy atom. The van der Waals surface area contributed by atoms with E-state index in [4.69, 9.17) is 0 Å². The molecule has 1 aliphatic rings. The molecule has 0 aromatic carbocycles. The first-order valence-electron chi connectivity index (χ1n) is 8.82. The minimum absolute atomic E-state index is 0.109. The fourth-order valence-corrected chi connectivity index (χ4v) is 3.44. The van der Waals surface area contributed by atoms with Crippen LogP contribution in [0.1, 0.15) is 47.6 Å². The fraction of sp³-hybridized carbons (Fsp3) is 0.389. The smallest absolute Gasteiger partial charge is 0.274 e. The summed E-state index contributed by atoms with van der Waals surface area (Å²) in [5, 5.41) is 3.16. The third-order valence-electron chi connectivity index (χ3n) is 4.82. The molecule has 3 aromatic heterocycles. The molecule has 26 heavy (non-hydrogen) atoms. The van der Waals surface area contributed by atoms with E-state index in [1.165, 1.54) is 16.9 Å². The molecule has 0 spiro atoms. The Kier molecular flexibility index (Phi) is 4.24. The highest BCUT2D eigenvalue weighted by Gasteiger charge is 2.27. The number of carbonyl (C=O) groups is 1. The number of H-pyrrole nitrogens is 1. The van der Waals surface area contributed by atoms with Crippen molar-refractivity contribution in [3.05, 3.63) is 58.2 Å². The Hall–Kier alpha value is -3.03. The first kappa shape index (κ1) is 16.4. The molecule has 3 aromatic rings. The molecule has 134 valence electrons. The van der Waals surface area contributed by atoms with Gasteiger partial charge in [-0.25, -0.2) is 14.5 Å². The second-order valence-corrected chi connectivity index (χ2v) is 6.53. The highest BCUT2D eigenvalue weighted by Crippen LogP contribution is 2.27. The number of nitrogens with zero attached hydrogens (tertiary/aromatic N) is 5. The third-order valence-corrected chi connectivity index (χ3v) is 4.82. The number of nitrogens with one attached hydrogen (secondary N) is 1.